The molecule has 0 aliphatic heterocycles. The van der Waals surface area contributed by atoms with Crippen molar-refractivity contribution in [2.24, 2.45) is 0 Å². The SMILES string of the molecule is CCCCCCCCCc1ccc(Oc2cccc(S(=O)(=O)O)c2O)cc1. The second kappa shape index (κ2) is 10.3. The van der Waals surface area contributed by atoms with Gasteiger partial charge in [0.1, 0.15) is 10.6 Å². The van der Waals surface area contributed by atoms with Crippen molar-refractivity contribution in [2.45, 2.75) is 63.2 Å². The van der Waals surface area contributed by atoms with Crippen LogP contribution in [0.25, 0.3) is 0 Å². The largest absolute Gasteiger partial charge is 0.503 e. The van der Waals surface area contributed by atoms with E-state index >= 15 is 0 Å². The number of ether oxygens (including phenoxy) is 1. The molecule has 0 saturated carbocycles. The van der Waals surface area contributed by atoms with Crippen LogP contribution in [0.15, 0.2) is 47.4 Å². The predicted octanol–water partition coefficient (Wildman–Crippen LogP) is 5.72. The molecule has 0 bridgehead atoms. The first-order chi connectivity index (χ1) is 12.9. The van der Waals surface area contributed by atoms with Gasteiger partial charge in [-0.2, -0.15) is 8.42 Å². The average Bonchev–Trinajstić information content (AvgIpc) is 2.63. The summed E-state index contributed by atoms with van der Waals surface area (Å²) in [6, 6.07) is 11.5. The molecule has 6 heteroatoms. The summed E-state index contributed by atoms with van der Waals surface area (Å²) in [6.45, 7) is 2.22. The summed E-state index contributed by atoms with van der Waals surface area (Å²) in [6.07, 6.45) is 9.92. The van der Waals surface area contributed by atoms with Gasteiger partial charge in [-0.15, -0.1) is 0 Å². The molecule has 0 unspecified atom stereocenters. The molecule has 0 radical (unpaired) electrons. The Bertz CT molecular complexity index is 813. The van der Waals surface area contributed by atoms with Crippen LogP contribution in [-0.4, -0.2) is 18.1 Å². The fourth-order valence-corrected chi connectivity index (χ4v) is 3.53. The standard InChI is InChI=1S/C21H28O5S/c1-2-3-4-5-6-7-8-10-17-13-15-18(16-14-17)26-19-11-9-12-20(21(19)22)27(23,24)25/h9,11-16,22H,2-8,10H2,1H3,(H,23,24,25). The van der Waals surface area contributed by atoms with Gasteiger partial charge in [-0.3, -0.25) is 4.55 Å². The van der Waals surface area contributed by atoms with E-state index in [4.69, 9.17) is 9.29 Å². The predicted molar refractivity (Wildman–Crippen MR) is 106 cm³/mol. The van der Waals surface area contributed by atoms with Gasteiger partial charge in [-0.05, 0) is 42.7 Å². The first-order valence-electron chi connectivity index (χ1n) is 9.48. The first-order valence-corrected chi connectivity index (χ1v) is 10.9. The first kappa shape index (κ1) is 21.3. The number of aromatic hydroxyl groups is 1. The zero-order valence-corrected chi connectivity index (χ0v) is 16.5. The van der Waals surface area contributed by atoms with Crippen LogP contribution in [0.4, 0.5) is 0 Å². The van der Waals surface area contributed by atoms with Gasteiger partial charge >= 0.3 is 0 Å². The number of phenolic OH excluding ortho intramolecular Hbond substituents is 1. The van der Waals surface area contributed by atoms with Crippen molar-refractivity contribution in [2.75, 3.05) is 0 Å². The molecular weight excluding hydrogens is 364 g/mol. The number of para-hydroxylation sites is 1. The molecule has 0 atom stereocenters. The van der Waals surface area contributed by atoms with Crippen LogP contribution in [0.3, 0.4) is 0 Å². The van der Waals surface area contributed by atoms with E-state index in [-0.39, 0.29) is 5.75 Å². The lowest BCUT2D eigenvalue weighted by atomic mass is 10.0. The molecule has 2 aromatic carbocycles. The third-order valence-electron chi connectivity index (χ3n) is 4.46. The maximum absolute atomic E-state index is 11.2. The Labute approximate surface area is 161 Å². The second-order valence-corrected chi connectivity index (χ2v) is 8.09. The van der Waals surface area contributed by atoms with E-state index in [0.29, 0.717) is 5.75 Å². The number of hydrogen-bond acceptors (Lipinski definition) is 4. The van der Waals surface area contributed by atoms with E-state index in [9.17, 15) is 13.5 Å². The smallest absolute Gasteiger partial charge is 0.298 e. The summed E-state index contributed by atoms with van der Waals surface area (Å²) in [5, 5.41) is 10.00. The van der Waals surface area contributed by atoms with Crippen LogP contribution in [-0.2, 0) is 16.5 Å². The molecule has 0 saturated heterocycles. The minimum Gasteiger partial charge on any atom is -0.503 e. The minimum atomic E-state index is -4.51. The molecule has 5 nitrogen and oxygen atoms in total. The highest BCUT2D eigenvalue weighted by atomic mass is 32.2. The van der Waals surface area contributed by atoms with Gasteiger partial charge in [0.2, 0.25) is 0 Å². The van der Waals surface area contributed by atoms with Crippen LogP contribution in [0.1, 0.15) is 57.4 Å². The number of benzene rings is 2. The molecule has 0 spiro atoms. The summed E-state index contributed by atoms with van der Waals surface area (Å²) < 4.78 is 37.2. The number of rotatable bonds is 11. The molecule has 0 amide bonds. The Balaban J connectivity index is 1.87. The van der Waals surface area contributed by atoms with Crippen molar-refractivity contribution in [1.29, 1.82) is 0 Å². The Morgan fingerprint density at radius 2 is 1.52 bits per heavy atom. The molecule has 0 aromatic heterocycles. The number of aryl methyl sites for hydroxylation is 1. The van der Waals surface area contributed by atoms with Gasteiger partial charge in [0.05, 0.1) is 0 Å². The summed E-state index contributed by atoms with van der Waals surface area (Å²) in [4.78, 5) is -0.574. The lowest BCUT2D eigenvalue weighted by molar-refractivity contribution is 0.395. The van der Waals surface area contributed by atoms with Crippen molar-refractivity contribution in [1.82, 2.24) is 0 Å². The van der Waals surface area contributed by atoms with E-state index in [0.717, 1.165) is 18.9 Å². The topological polar surface area (TPSA) is 83.8 Å². The Hall–Kier alpha value is -2.05. The molecule has 27 heavy (non-hydrogen) atoms. The Kier molecular flexibility index (Phi) is 8.13. The van der Waals surface area contributed by atoms with Gasteiger partial charge in [0, 0.05) is 0 Å². The number of unbranched alkanes of at least 4 members (excludes halogenated alkanes) is 6. The average molecular weight is 393 g/mol. The number of hydrogen-bond donors (Lipinski definition) is 2. The third-order valence-corrected chi connectivity index (χ3v) is 5.35. The van der Waals surface area contributed by atoms with Crippen molar-refractivity contribution in [3.05, 3.63) is 48.0 Å². The van der Waals surface area contributed by atoms with E-state index in [1.807, 2.05) is 12.1 Å². The van der Waals surface area contributed by atoms with Crippen LogP contribution >= 0.6 is 0 Å². The van der Waals surface area contributed by atoms with E-state index in [1.54, 1.807) is 12.1 Å². The lowest BCUT2D eigenvalue weighted by Gasteiger charge is -2.10. The molecular formula is C21H28O5S. The molecule has 2 aromatic rings. The lowest BCUT2D eigenvalue weighted by Crippen LogP contribution is -1.99. The highest BCUT2D eigenvalue weighted by Crippen LogP contribution is 2.35. The fraction of sp³-hybridized carbons (Fsp3) is 0.429. The third kappa shape index (κ3) is 6.88. The quantitative estimate of drug-likeness (QED) is 0.377. The highest BCUT2D eigenvalue weighted by Gasteiger charge is 2.19. The summed E-state index contributed by atoms with van der Waals surface area (Å²) >= 11 is 0. The van der Waals surface area contributed by atoms with Gasteiger partial charge < -0.3 is 9.84 Å². The van der Waals surface area contributed by atoms with E-state index < -0.39 is 20.8 Å². The summed E-state index contributed by atoms with van der Waals surface area (Å²) in [5.41, 5.74) is 1.21. The van der Waals surface area contributed by atoms with Crippen molar-refractivity contribution < 1.29 is 22.8 Å². The Morgan fingerprint density at radius 3 is 2.15 bits per heavy atom. The molecule has 0 aliphatic carbocycles. The normalized spacial score (nSPS) is 11.5. The molecule has 0 aliphatic rings. The van der Waals surface area contributed by atoms with E-state index in [1.165, 1.54) is 56.2 Å². The monoisotopic (exact) mass is 392 g/mol. The van der Waals surface area contributed by atoms with Gasteiger partial charge in [-0.1, -0.05) is 63.6 Å². The van der Waals surface area contributed by atoms with Crippen LogP contribution in [0, 0.1) is 0 Å². The molecule has 148 valence electrons. The van der Waals surface area contributed by atoms with Gasteiger partial charge in [-0.25, -0.2) is 0 Å². The maximum atomic E-state index is 11.2. The molecule has 0 fully saturated rings. The second-order valence-electron chi connectivity index (χ2n) is 6.70. The number of phenols is 1. The summed E-state index contributed by atoms with van der Waals surface area (Å²) in [7, 11) is -4.51. The van der Waals surface area contributed by atoms with Crippen molar-refractivity contribution in [3.63, 3.8) is 0 Å². The minimum absolute atomic E-state index is 0.0232. The van der Waals surface area contributed by atoms with Gasteiger partial charge in [0.25, 0.3) is 10.1 Å². The zero-order chi connectivity index (χ0) is 19.7. The van der Waals surface area contributed by atoms with Crippen molar-refractivity contribution in [3.8, 4) is 17.2 Å². The fourth-order valence-electron chi connectivity index (χ4n) is 2.93. The summed E-state index contributed by atoms with van der Waals surface area (Å²) in [5.74, 6) is -0.141. The zero-order valence-electron chi connectivity index (χ0n) is 15.7. The van der Waals surface area contributed by atoms with Crippen molar-refractivity contribution >= 4 is 10.1 Å². The van der Waals surface area contributed by atoms with Crippen LogP contribution in [0.5, 0.6) is 17.2 Å². The van der Waals surface area contributed by atoms with Crippen LogP contribution < -0.4 is 4.74 Å². The van der Waals surface area contributed by atoms with Crippen LogP contribution in [0.2, 0.25) is 0 Å². The Morgan fingerprint density at radius 1 is 0.889 bits per heavy atom. The molecule has 2 rings (SSSR count). The molecule has 2 N–H and O–H groups in total. The van der Waals surface area contributed by atoms with E-state index in [2.05, 4.69) is 6.92 Å². The molecule has 0 heterocycles. The maximum Gasteiger partial charge on any atom is 0.298 e. The highest BCUT2D eigenvalue weighted by molar-refractivity contribution is 7.86. The van der Waals surface area contributed by atoms with Gasteiger partial charge in [0.15, 0.2) is 11.5 Å².